The fourth-order valence-electron chi connectivity index (χ4n) is 3.15. The van der Waals surface area contributed by atoms with E-state index in [2.05, 4.69) is 32.2 Å². The van der Waals surface area contributed by atoms with Gasteiger partial charge < -0.3 is 16.0 Å². The first-order valence-corrected chi connectivity index (χ1v) is 10.4. The Labute approximate surface area is 165 Å². The molecule has 3 N–H and O–H groups in total. The zero-order chi connectivity index (χ0) is 18.5. The number of thiophene rings is 1. The highest BCUT2D eigenvalue weighted by Crippen LogP contribution is 2.30. The summed E-state index contributed by atoms with van der Waals surface area (Å²) in [5.41, 5.74) is 7.44. The van der Waals surface area contributed by atoms with Gasteiger partial charge >= 0.3 is 0 Å². The SMILES string of the molecule is NC(=O)c1ccc(N2CCCC2)c(NC(=O)CCCc2ccc(Br)s2)c1. The highest BCUT2D eigenvalue weighted by atomic mass is 79.9. The van der Waals surface area contributed by atoms with Crippen LogP contribution in [0.15, 0.2) is 34.1 Å². The molecule has 1 fully saturated rings. The highest BCUT2D eigenvalue weighted by molar-refractivity contribution is 9.11. The van der Waals surface area contributed by atoms with Gasteiger partial charge in [-0.3, -0.25) is 9.59 Å². The molecule has 1 saturated heterocycles. The van der Waals surface area contributed by atoms with E-state index in [0.29, 0.717) is 17.7 Å². The maximum Gasteiger partial charge on any atom is 0.248 e. The number of halogens is 1. The number of nitrogens with zero attached hydrogens (tertiary/aromatic N) is 1. The fourth-order valence-corrected chi connectivity index (χ4v) is 4.67. The standard InChI is InChI=1S/C19H22BrN3O2S/c20-17-9-7-14(26-17)4-3-5-18(24)22-15-12-13(19(21)25)6-8-16(15)23-10-1-2-11-23/h6-9,12H,1-5,10-11H2,(H2,21,25)(H,22,24). The molecule has 5 nitrogen and oxygen atoms in total. The van der Waals surface area contributed by atoms with Crippen LogP contribution in [-0.2, 0) is 11.2 Å². The third kappa shape index (κ3) is 4.86. The minimum Gasteiger partial charge on any atom is -0.370 e. The lowest BCUT2D eigenvalue weighted by Gasteiger charge is -2.22. The molecule has 0 spiro atoms. The molecule has 3 rings (SSSR count). The summed E-state index contributed by atoms with van der Waals surface area (Å²) < 4.78 is 1.11. The number of carbonyl (C=O) groups is 2. The van der Waals surface area contributed by atoms with Gasteiger partial charge in [-0.25, -0.2) is 0 Å². The fraction of sp³-hybridized carbons (Fsp3) is 0.368. The second-order valence-electron chi connectivity index (χ2n) is 6.40. The van der Waals surface area contributed by atoms with E-state index in [1.54, 1.807) is 23.5 Å². The second kappa shape index (κ2) is 8.68. The lowest BCUT2D eigenvalue weighted by molar-refractivity contribution is -0.116. The molecule has 0 aliphatic carbocycles. The first-order valence-electron chi connectivity index (χ1n) is 8.76. The van der Waals surface area contributed by atoms with Crippen LogP contribution in [0.5, 0.6) is 0 Å². The van der Waals surface area contributed by atoms with Gasteiger partial charge in [0.2, 0.25) is 11.8 Å². The van der Waals surface area contributed by atoms with Crippen molar-refractivity contribution in [2.45, 2.75) is 32.1 Å². The lowest BCUT2D eigenvalue weighted by atomic mass is 10.1. The van der Waals surface area contributed by atoms with Crippen LogP contribution in [0.3, 0.4) is 0 Å². The maximum atomic E-state index is 12.4. The quantitative estimate of drug-likeness (QED) is 0.684. The van der Waals surface area contributed by atoms with Crippen molar-refractivity contribution in [2.75, 3.05) is 23.3 Å². The molecular weight excluding hydrogens is 414 g/mol. The summed E-state index contributed by atoms with van der Waals surface area (Å²) in [5, 5.41) is 2.98. The lowest BCUT2D eigenvalue weighted by Crippen LogP contribution is -2.22. The topological polar surface area (TPSA) is 75.4 Å². The molecule has 0 bridgehead atoms. The number of nitrogens with one attached hydrogen (secondary N) is 1. The molecule has 1 aromatic heterocycles. The first-order chi connectivity index (χ1) is 12.5. The van der Waals surface area contributed by atoms with E-state index in [1.807, 2.05) is 12.1 Å². The first kappa shape index (κ1) is 18.9. The Morgan fingerprint density at radius 2 is 1.96 bits per heavy atom. The van der Waals surface area contributed by atoms with E-state index in [4.69, 9.17) is 5.73 Å². The van der Waals surface area contributed by atoms with Crippen molar-refractivity contribution in [1.82, 2.24) is 0 Å². The number of aryl methyl sites for hydroxylation is 1. The van der Waals surface area contributed by atoms with E-state index in [9.17, 15) is 9.59 Å². The molecule has 0 atom stereocenters. The van der Waals surface area contributed by atoms with Gasteiger partial charge in [0, 0.05) is 30.0 Å². The monoisotopic (exact) mass is 435 g/mol. The van der Waals surface area contributed by atoms with Gasteiger partial charge in [0.25, 0.3) is 0 Å². The van der Waals surface area contributed by atoms with Crippen molar-refractivity contribution < 1.29 is 9.59 Å². The molecule has 2 heterocycles. The van der Waals surface area contributed by atoms with Crippen molar-refractivity contribution in [3.8, 4) is 0 Å². The van der Waals surface area contributed by atoms with Crippen LogP contribution < -0.4 is 16.0 Å². The third-order valence-electron chi connectivity index (χ3n) is 4.46. The van der Waals surface area contributed by atoms with Gasteiger partial charge in [-0.15, -0.1) is 11.3 Å². The van der Waals surface area contributed by atoms with E-state index < -0.39 is 5.91 Å². The van der Waals surface area contributed by atoms with Crippen molar-refractivity contribution in [3.63, 3.8) is 0 Å². The van der Waals surface area contributed by atoms with Crippen LogP contribution in [0, 0.1) is 0 Å². The molecule has 26 heavy (non-hydrogen) atoms. The minimum atomic E-state index is -0.489. The number of rotatable bonds is 7. The summed E-state index contributed by atoms with van der Waals surface area (Å²) in [7, 11) is 0. The van der Waals surface area contributed by atoms with Crippen LogP contribution in [0.4, 0.5) is 11.4 Å². The summed E-state index contributed by atoms with van der Waals surface area (Å²) in [6, 6.07) is 9.39. The van der Waals surface area contributed by atoms with Gasteiger partial charge in [0.05, 0.1) is 15.2 Å². The number of amides is 2. The Hall–Kier alpha value is -1.86. The molecule has 0 unspecified atom stereocenters. The van der Waals surface area contributed by atoms with Crippen LogP contribution in [-0.4, -0.2) is 24.9 Å². The highest BCUT2D eigenvalue weighted by Gasteiger charge is 2.18. The molecule has 1 aromatic carbocycles. The normalized spacial score (nSPS) is 13.8. The van der Waals surface area contributed by atoms with E-state index >= 15 is 0 Å². The molecule has 1 aliphatic rings. The minimum absolute atomic E-state index is 0.0392. The molecule has 1 aliphatic heterocycles. The predicted octanol–water partition coefficient (Wildman–Crippen LogP) is 4.17. The Morgan fingerprint density at radius 3 is 2.62 bits per heavy atom. The van der Waals surface area contributed by atoms with E-state index in [0.717, 1.165) is 48.2 Å². The molecule has 138 valence electrons. The summed E-state index contributed by atoms with van der Waals surface area (Å²) in [5.74, 6) is -0.528. The average Bonchev–Trinajstić information content (AvgIpc) is 3.26. The number of hydrogen-bond donors (Lipinski definition) is 2. The molecular formula is C19H22BrN3O2S. The Kier molecular flexibility index (Phi) is 6.32. The second-order valence-corrected chi connectivity index (χ2v) is 8.95. The van der Waals surface area contributed by atoms with Crippen molar-refractivity contribution in [1.29, 1.82) is 0 Å². The molecule has 0 radical (unpaired) electrons. The van der Waals surface area contributed by atoms with Crippen LogP contribution in [0.2, 0.25) is 0 Å². The number of benzene rings is 1. The third-order valence-corrected chi connectivity index (χ3v) is 6.14. The molecule has 2 amide bonds. The van der Waals surface area contributed by atoms with Crippen molar-refractivity contribution >= 4 is 50.5 Å². The van der Waals surface area contributed by atoms with Gasteiger partial charge in [0.1, 0.15) is 0 Å². The molecule has 7 heteroatoms. The van der Waals surface area contributed by atoms with Crippen molar-refractivity contribution in [3.05, 3.63) is 44.6 Å². The number of nitrogens with two attached hydrogens (primary N) is 1. The number of hydrogen-bond acceptors (Lipinski definition) is 4. The average molecular weight is 436 g/mol. The summed E-state index contributed by atoms with van der Waals surface area (Å²) >= 11 is 5.15. The van der Waals surface area contributed by atoms with E-state index in [1.165, 1.54) is 4.88 Å². The predicted molar refractivity (Wildman–Crippen MR) is 110 cm³/mol. The smallest absolute Gasteiger partial charge is 0.248 e. The Morgan fingerprint density at radius 1 is 1.19 bits per heavy atom. The summed E-state index contributed by atoms with van der Waals surface area (Å²) in [6.45, 7) is 1.93. The Bertz CT molecular complexity index is 800. The van der Waals surface area contributed by atoms with E-state index in [-0.39, 0.29) is 5.91 Å². The number of primary amides is 1. The maximum absolute atomic E-state index is 12.4. The van der Waals surface area contributed by atoms with Crippen LogP contribution >= 0.6 is 27.3 Å². The summed E-state index contributed by atoms with van der Waals surface area (Å²) in [6.07, 6.45) is 4.38. The zero-order valence-corrected chi connectivity index (χ0v) is 16.9. The van der Waals surface area contributed by atoms with Gasteiger partial charge in [0.15, 0.2) is 0 Å². The van der Waals surface area contributed by atoms with Gasteiger partial charge in [-0.2, -0.15) is 0 Å². The van der Waals surface area contributed by atoms with Crippen LogP contribution in [0.25, 0.3) is 0 Å². The van der Waals surface area contributed by atoms with Crippen LogP contribution in [0.1, 0.15) is 40.9 Å². The number of carbonyl (C=O) groups excluding carboxylic acids is 2. The van der Waals surface area contributed by atoms with Gasteiger partial charge in [-0.05, 0) is 71.9 Å². The largest absolute Gasteiger partial charge is 0.370 e. The zero-order valence-electron chi connectivity index (χ0n) is 14.5. The van der Waals surface area contributed by atoms with Crippen molar-refractivity contribution in [2.24, 2.45) is 5.73 Å². The summed E-state index contributed by atoms with van der Waals surface area (Å²) in [4.78, 5) is 27.4. The van der Waals surface area contributed by atoms with Gasteiger partial charge in [-0.1, -0.05) is 0 Å². The molecule has 2 aromatic rings. The Balaban J connectivity index is 1.65. The molecule has 0 saturated carbocycles. The number of anilines is 2.